The molecule has 0 fully saturated rings. The van der Waals surface area contributed by atoms with Gasteiger partial charge in [-0.25, -0.2) is 9.97 Å². The molecule has 10 heteroatoms. The van der Waals surface area contributed by atoms with Crippen molar-refractivity contribution in [3.05, 3.63) is 66.2 Å². The van der Waals surface area contributed by atoms with Gasteiger partial charge in [-0.3, -0.25) is 4.99 Å². The number of anilines is 1. The molecule has 3 N–H and O–H groups in total. The van der Waals surface area contributed by atoms with Crippen LogP contribution in [0.5, 0.6) is 0 Å². The molecule has 31 heavy (non-hydrogen) atoms. The first-order valence-electron chi connectivity index (χ1n) is 9.65. The first-order chi connectivity index (χ1) is 14.9. The van der Waals surface area contributed by atoms with Crippen LogP contribution >= 0.6 is 0 Å². The molecule has 1 aromatic carbocycles. The lowest BCUT2D eigenvalue weighted by molar-refractivity contribution is -0.137. The van der Waals surface area contributed by atoms with Crippen LogP contribution in [0.15, 0.2) is 59.9 Å². The van der Waals surface area contributed by atoms with E-state index in [1.54, 1.807) is 13.2 Å². The maximum absolute atomic E-state index is 13.0. The number of imidazole rings is 1. The normalized spacial score (nSPS) is 12.0. The summed E-state index contributed by atoms with van der Waals surface area (Å²) in [4.78, 5) is 17.6. The molecule has 3 rings (SSSR count). The van der Waals surface area contributed by atoms with Crippen LogP contribution in [0.2, 0.25) is 0 Å². The number of benzene rings is 1. The van der Waals surface area contributed by atoms with Crippen molar-refractivity contribution < 1.29 is 13.2 Å². The zero-order valence-electron chi connectivity index (χ0n) is 17.2. The van der Waals surface area contributed by atoms with Crippen LogP contribution in [0.1, 0.15) is 11.4 Å². The second-order valence-electron chi connectivity index (χ2n) is 6.76. The molecule has 0 saturated heterocycles. The topological polar surface area (TPSA) is 81.2 Å². The van der Waals surface area contributed by atoms with Gasteiger partial charge in [-0.1, -0.05) is 30.3 Å². The number of pyridine rings is 1. The van der Waals surface area contributed by atoms with E-state index >= 15 is 0 Å². The molecular formula is C21H24F3N7. The van der Waals surface area contributed by atoms with Crippen molar-refractivity contribution in [1.29, 1.82) is 0 Å². The van der Waals surface area contributed by atoms with E-state index in [0.717, 1.165) is 23.1 Å². The number of hydrogen-bond donors (Lipinski definition) is 3. The molecule has 0 radical (unpaired) electrons. The maximum atomic E-state index is 13.0. The van der Waals surface area contributed by atoms with Gasteiger partial charge in [0.2, 0.25) is 0 Å². The first-order valence-corrected chi connectivity index (χ1v) is 9.65. The van der Waals surface area contributed by atoms with Gasteiger partial charge in [0.15, 0.2) is 5.96 Å². The summed E-state index contributed by atoms with van der Waals surface area (Å²) in [6, 6.07) is 12.1. The summed E-state index contributed by atoms with van der Waals surface area (Å²) in [5.74, 6) is 1.17. The zero-order valence-corrected chi connectivity index (χ0v) is 17.2. The second-order valence-corrected chi connectivity index (χ2v) is 6.76. The largest absolute Gasteiger partial charge is 0.419 e. The lowest BCUT2D eigenvalue weighted by Crippen LogP contribution is -2.40. The fourth-order valence-corrected chi connectivity index (χ4v) is 3.02. The molecule has 0 bridgehead atoms. The van der Waals surface area contributed by atoms with Crippen molar-refractivity contribution in [1.82, 2.24) is 25.2 Å². The fraction of sp³-hybridized carbons (Fsp3) is 0.286. The number of hydrogen-bond acceptors (Lipinski definition) is 4. The quantitative estimate of drug-likeness (QED) is 0.303. The Morgan fingerprint density at radius 2 is 1.87 bits per heavy atom. The van der Waals surface area contributed by atoms with Gasteiger partial charge < -0.3 is 20.5 Å². The molecule has 0 aliphatic carbocycles. The van der Waals surface area contributed by atoms with Gasteiger partial charge in [0, 0.05) is 33.4 Å². The van der Waals surface area contributed by atoms with Crippen molar-refractivity contribution in [3.8, 4) is 11.3 Å². The molecule has 0 aliphatic rings. The lowest BCUT2D eigenvalue weighted by Gasteiger charge is -2.21. The van der Waals surface area contributed by atoms with Crippen LogP contribution in [-0.2, 0) is 12.7 Å². The molecule has 164 valence electrons. The number of H-pyrrole nitrogens is 1. The highest BCUT2D eigenvalue weighted by atomic mass is 19.4. The molecule has 3 aromatic rings. The van der Waals surface area contributed by atoms with Gasteiger partial charge in [0.05, 0.1) is 24.0 Å². The third-order valence-electron chi connectivity index (χ3n) is 4.49. The first kappa shape index (κ1) is 22.1. The predicted molar refractivity (Wildman–Crippen MR) is 115 cm³/mol. The van der Waals surface area contributed by atoms with Gasteiger partial charge in [0.25, 0.3) is 0 Å². The van der Waals surface area contributed by atoms with Crippen molar-refractivity contribution in [2.24, 2.45) is 4.99 Å². The number of aromatic amines is 1. The van der Waals surface area contributed by atoms with Gasteiger partial charge in [-0.05, 0) is 17.7 Å². The Hall–Kier alpha value is -3.56. The van der Waals surface area contributed by atoms with E-state index < -0.39 is 11.7 Å². The summed E-state index contributed by atoms with van der Waals surface area (Å²) in [6.07, 6.45) is -1.35. The Bertz CT molecular complexity index is 999. The molecule has 2 aromatic heterocycles. The fourth-order valence-electron chi connectivity index (χ4n) is 3.02. The van der Waals surface area contributed by atoms with E-state index in [4.69, 9.17) is 0 Å². The SMILES string of the molecule is CN=C(NCCNc1ncccc1C(F)(F)F)N(C)Cc1ncc(-c2ccccc2)[nH]1. The standard InChI is InChI=1S/C21H24F3N7/c1-25-20(28-12-11-27-19-16(21(22,23)24)9-6-10-26-19)31(2)14-18-29-13-17(30-18)15-7-4-3-5-8-15/h3-10,13H,11-12,14H2,1-2H3,(H,25,28)(H,26,27)(H,29,30). The lowest BCUT2D eigenvalue weighted by atomic mass is 10.2. The number of nitrogens with zero attached hydrogens (tertiary/aromatic N) is 4. The molecule has 0 spiro atoms. The minimum atomic E-state index is -4.46. The average molecular weight is 431 g/mol. The van der Waals surface area contributed by atoms with Crippen molar-refractivity contribution in [2.75, 3.05) is 32.5 Å². The second kappa shape index (κ2) is 9.96. The van der Waals surface area contributed by atoms with Crippen LogP contribution in [0.4, 0.5) is 19.0 Å². The van der Waals surface area contributed by atoms with Crippen molar-refractivity contribution in [3.63, 3.8) is 0 Å². The van der Waals surface area contributed by atoms with E-state index in [2.05, 4.69) is 30.6 Å². The van der Waals surface area contributed by atoms with Crippen molar-refractivity contribution >= 4 is 11.8 Å². The number of guanidine groups is 1. The molecule has 0 unspecified atom stereocenters. The van der Waals surface area contributed by atoms with Crippen molar-refractivity contribution in [2.45, 2.75) is 12.7 Å². The Labute approximate surface area is 178 Å². The number of rotatable bonds is 7. The van der Waals surface area contributed by atoms with E-state index in [-0.39, 0.29) is 12.4 Å². The average Bonchev–Trinajstić information content (AvgIpc) is 3.22. The number of alkyl halides is 3. The maximum Gasteiger partial charge on any atom is 0.419 e. The van der Waals surface area contributed by atoms with Crippen LogP contribution < -0.4 is 10.6 Å². The molecule has 7 nitrogen and oxygen atoms in total. The monoisotopic (exact) mass is 431 g/mol. The highest BCUT2D eigenvalue weighted by Crippen LogP contribution is 2.33. The van der Waals surface area contributed by atoms with Crippen LogP contribution in [0.3, 0.4) is 0 Å². The number of aromatic nitrogens is 3. The molecule has 0 atom stereocenters. The number of nitrogens with one attached hydrogen (secondary N) is 3. The molecule has 0 amide bonds. The summed E-state index contributed by atoms with van der Waals surface area (Å²) in [6.45, 7) is 1.09. The summed E-state index contributed by atoms with van der Waals surface area (Å²) in [7, 11) is 3.50. The Balaban J connectivity index is 1.51. The van der Waals surface area contributed by atoms with Gasteiger partial charge in [-0.2, -0.15) is 13.2 Å². The Morgan fingerprint density at radius 3 is 2.58 bits per heavy atom. The third kappa shape index (κ3) is 5.97. The zero-order chi connectivity index (χ0) is 22.3. The smallest absolute Gasteiger partial charge is 0.368 e. The summed E-state index contributed by atoms with van der Waals surface area (Å²) >= 11 is 0. The van der Waals surface area contributed by atoms with Gasteiger partial charge >= 0.3 is 6.18 Å². The van der Waals surface area contributed by atoms with Gasteiger partial charge in [0.1, 0.15) is 11.6 Å². The minimum Gasteiger partial charge on any atom is -0.368 e. The van der Waals surface area contributed by atoms with E-state index in [9.17, 15) is 13.2 Å². The Kier molecular flexibility index (Phi) is 7.11. The van der Waals surface area contributed by atoms with E-state index in [1.165, 1.54) is 12.3 Å². The van der Waals surface area contributed by atoms with E-state index in [1.807, 2.05) is 42.3 Å². The predicted octanol–water partition coefficient (Wildman–Crippen LogP) is 3.61. The number of halogens is 3. The summed E-state index contributed by atoms with van der Waals surface area (Å²) in [5, 5.41) is 5.84. The Morgan fingerprint density at radius 1 is 1.10 bits per heavy atom. The highest BCUT2D eigenvalue weighted by Gasteiger charge is 2.33. The highest BCUT2D eigenvalue weighted by molar-refractivity contribution is 5.79. The van der Waals surface area contributed by atoms with Crippen LogP contribution in [0.25, 0.3) is 11.3 Å². The van der Waals surface area contributed by atoms with Crippen LogP contribution in [-0.4, -0.2) is 53.0 Å². The number of aliphatic imine (C=N–C) groups is 1. The minimum absolute atomic E-state index is 0.191. The third-order valence-corrected chi connectivity index (χ3v) is 4.49. The summed E-state index contributed by atoms with van der Waals surface area (Å²) in [5.41, 5.74) is 1.18. The molecule has 0 aliphatic heterocycles. The van der Waals surface area contributed by atoms with Crippen LogP contribution in [0, 0.1) is 0 Å². The molecular weight excluding hydrogens is 407 g/mol. The molecule has 0 saturated carbocycles. The van der Waals surface area contributed by atoms with Gasteiger partial charge in [-0.15, -0.1) is 0 Å². The molecule has 2 heterocycles. The summed E-state index contributed by atoms with van der Waals surface area (Å²) < 4.78 is 39.1. The van der Waals surface area contributed by atoms with E-state index in [0.29, 0.717) is 19.0 Å².